The molecule has 0 saturated heterocycles. The van der Waals surface area contributed by atoms with Crippen molar-refractivity contribution in [2.75, 3.05) is 19.4 Å². The highest BCUT2D eigenvalue weighted by molar-refractivity contribution is 5.95. The molecular formula is C16H24N2O2. The van der Waals surface area contributed by atoms with Crippen LogP contribution in [-0.2, 0) is 0 Å². The maximum Gasteiger partial charge on any atom is 0.251 e. The van der Waals surface area contributed by atoms with E-state index >= 15 is 0 Å². The Hall–Kier alpha value is -1.71. The monoisotopic (exact) mass is 276 g/mol. The number of rotatable bonds is 5. The Bertz CT molecular complexity index is 479. The Morgan fingerprint density at radius 1 is 1.35 bits per heavy atom. The highest BCUT2D eigenvalue weighted by atomic mass is 16.5. The molecule has 0 aliphatic heterocycles. The van der Waals surface area contributed by atoms with Crippen LogP contribution in [-0.4, -0.2) is 19.6 Å². The van der Waals surface area contributed by atoms with Gasteiger partial charge >= 0.3 is 0 Å². The van der Waals surface area contributed by atoms with Gasteiger partial charge in [-0.3, -0.25) is 4.79 Å². The molecule has 0 spiro atoms. The van der Waals surface area contributed by atoms with E-state index in [0.717, 1.165) is 13.0 Å². The van der Waals surface area contributed by atoms with Crippen LogP contribution in [0.2, 0.25) is 0 Å². The van der Waals surface area contributed by atoms with Crippen LogP contribution < -0.4 is 15.8 Å². The standard InChI is InChI=1S/C16H24N2O2/c1-3-16(6-4-5-7-16)11-18-15(19)12-8-13(17)10-14(9-12)20-2/h8-10H,3-7,11,17H2,1-2H3,(H,18,19). The third-order valence-electron chi connectivity index (χ3n) is 4.46. The zero-order valence-corrected chi connectivity index (χ0v) is 12.4. The molecule has 0 aromatic heterocycles. The van der Waals surface area contributed by atoms with E-state index in [0.29, 0.717) is 22.4 Å². The lowest BCUT2D eigenvalue weighted by atomic mass is 9.83. The van der Waals surface area contributed by atoms with Crippen molar-refractivity contribution in [3.8, 4) is 5.75 Å². The zero-order chi connectivity index (χ0) is 14.6. The number of hydrogen-bond donors (Lipinski definition) is 2. The summed E-state index contributed by atoms with van der Waals surface area (Å²) in [5.74, 6) is 0.538. The van der Waals surface area contributed by atoms with Crippen molar-refractivity contribution < 1.29 is 9.53 Å². The van der Waals surface area contributed by atoms with Crippen LogP contribution in [0.5, 0.6) is 5.75 Å². The SMILES string of the molecule is CCC1(CNC(=O)c2cc(N)cc(OC)c2)CCCC1. The van der Waals surface area contributed by atoms with Crippen LogP contribution >= 0.6 is 0 Å². The highest BCUT2D eigenvalue weighted by Gasteiger charge is 2.32. The summed E-state index contributed by atoms with van der Waals surface area (Å²) < 4.78 is 5.14. The minimum absolute atomic E-state index is 0.0738. The van der Waals surface area contributed by atoms with E-state index in [1.54, 1.807) is 25.3 Å². The molecule has 4 nitrogen and oxygen atoms in total. The van der Waals surface area contributed by atoms with Crippen molar-refractivity contribution in [2.45, 2.75) is 39.0 Å². The van der Waals surface area contributed by atoms with E-state index in [2.05, 4.69) is 12.2 Å². The normalized spacial score (nSPS) is 16.9. The fourth-order valence-electron chi connectivity index (χ4n) is 3.02. The number of carbonyl (C=O) groups excluding carboxylic acids is 1. The average Bonchev–Trinajstić information content (AvgIpc) is 2.93. The molecule has 3 N–H and O–H groups in total. The second-order valence-corrected chi connectivity index (χ2v) is 5.74. The van der Waals surface area contributed by atoms with Crippen LogP contribution in [0.15, 0.2) is 18.2 Å². The fraction of sp³-hybridized carbons (Fsp3) is 0.562. The van der Waals surface area contributed by atoms with E-state index in [4.69, 9.17) is 10.5 Å². The number of nitrogens with one attached hydrogen (secondary N) is 1. The molecular weight excluding hydrogens is 252 g/mol. The van der Waals surface area contributed by atoms with Crippen molar-refractivity contribution in [1.29, 1.82) is 0 Å². The lowest BCUT2D eigenvalue weighted by Crippen LogP contribution is -2.35. The Labute approximate surface area is 120 Å². The predicted molar refractivity (Wildman–Crippen MR) is 80.9 cm³/mol. The minimum atomic E-state index is -0.0738. The largest absolute Gasteiger partial charge is 0.497 e. The van der Waals surface area contributed by atoms with E-state index < -0.39 is 0 Å². The third kappa shape index (κ3) is 3.24. The Morgan fingerprint density at radius 2 is 2.05 bits per heavy atom. The summed E-state index contributed by atoms with van der Waals surface area (Å²) in [6.45, 7) is 2.96. The van der Waals surface area contributed by atoms with Gasteiger partial charge in [-0.05, 0) is 36.8 Å². The van der Waals surface area contributed by atoms with Crippen molar-refractivity contribution in [2.24, 2.45) is 5.41 Å². The first kappa shape index (κ1) is 14.7. The Kier molecular flexibility index (Phi) is 4.53. The number of anilines is 1. The molecule has 1 aromatic carbocycles. The maximum absolute atomic E-state index is 12.3. The Balaban J connectivity index is 2.03. The fourth-order valence-corrected chi connectivity index (χ4v) is 3.02. The highest BCUT2D eigenvalue weighted by Crippen LogP contribution is 2.40. The number of carbonyl (C=O) groups is 1. The second kappa shape index (κ2) is 6.16. The molecule has 1 amide bonds. The number of amides is 1. The van der Waals surface area contributed by atoms with Gasteiger partial charge in [0, 0.05) is 23.9 Å². The van der Waals surface area contributed by atoms with Crippen molar-refractivity contribution >= 4 is 11.6 Å². The molecule has 0 heterocycles. The van der Waals surface area contributed by atoms with Crippen LogP contribution in [0.25, 0.3) is 0 Å². The van der Waals surface area contributed by atoms with Crippen molar-refractivity contribution in [1.82, 2.24) is 5.32 Å². The summed E-state index contributed by atoms with van der Waals surface area (Å²) in [4.78, 5) is 12.3. The third-order valence-corrected chi connectivity index (χ3v) is 4.46. The van der Waals surface area contributed by atoms with Gasteiger partial charge < -0.3 is 15.8 Å². The van der Waals surface area contributed by atoms with Gasteiger partial charge in [-0.2, -0.15) is 0 Å². The summed E-state index contributed by atoms with van der Waals surface area (Å²) in [5, 5.41) is 3.06. The quantitative estimate of drug-likeness (QED) is 0.813. The summed E-state index contributed by atoms with van der Waals surface area (Å²) >= 11 is 0. The van der Waals surface area contributed by atoms with Gasteiger partial charge in [0.1, 0.15) is 5.75 Å². The van der Waals surface area contributed by atoms with Gasteiger partial charge in [-0.15, -0.1) is 0 Å². The summed E-state index contributed by atoms with van der Waals surface area (Å²) in [6.07, 6.45) is 6.09. The van der Waals surface area contributed by atoms with E-state index in [1.165, 1.54) is 25.7 Å². The van der Waals surface area contributed by atoms with Gasteiger partial charge in [0.05, 0.1) is 7.11 Å². The first-order valence-electron chi connectivity index (χ1n) is 7.31. The average molecular weight is 276 g/mol. The maximum atomic E-state index is 12.3. The predicted octanol–water partition coefficient (Wildman–Crippen LogP) is 2.98. The molecule has 1 aliphatic rings. The van der Waals surface area contributed by atoms with Crippen LogP contribution in [0.4, 0.5) is 5.69 Å². The molecule has 20 heavy (non-hydrogen) atoms. The second-order valence-electron chi connectivity index (χ2n) is 5.74. The van der Waals surface area contributed by atoms with Gasteiger partial charge in [0.15, 0.2) is 0 Å². The molecule has 2 rings (SSSR count). The van der Waals surface area contributed by atoms with Crippen molar-refractivity contribution in [3.05, 3.63) is 23.8 Å². The number of hydrogen-bond acceptors (Lipinski definition) is 3. The molecule has 0 unspecified atom stereocenters. The molecule has 4 heteroatoms. The number of benzene rings is 1. The number of methoxy groups -OCH3 is 1. The first-order valence-corrected chi connectivity index (χ1v) is 7.31. The van der Waals surface area contributed by atoms with E-state index in [9.17, 15) is 4.79 Å². The van der Waals surface area contributed by atoms with Gasteiger partial charge in [-0.25, -0.2) is 0 Å². The number of ether oxygens (including phenoxy) is 1. The lowest BCUT2D eigenvalue weighted by molar-refractivity contribution is 0.0928. The summed E-state index contributed by atoms with van der Waals surface area (Å²) in [5.41, 5.74) is 7.18. The molecule has 0 radical (unpaired) electrons. The number of nitrogen functional groups attached to an aromatic ring is 1. The lowest BCUT2D eigenvalue weighted by Gasteiger charge is -2.27. The zero-order valence-electron chi connectivity index (χ0n) is 12.4. The van der Waals surface area contributed by atoms with Gasteiger partial charge in [0.25, 0.3) is 5.91 Å². The molecule has 110 valence electrons. The summed E-state index contributed by atoms with van der Waals surface area (Å²) in [6, 6.07) is 5.12. The minimum Gasteiger partial charge on any atom is -0.497 e. The molecule has 1 saturated carbocycles. The number of nitrogens with two attached hydrogens (primary N) is 1. The molecule has 0 bridgehead atoms. The van der Waals surface area contributed by atoms with Crippen LogP contribution in [0.3, 0.4) is 0 Å². The van der Waals surface area contributed by atoms with Gasteiger partial charge in [0.2, 0.25) is 0 Å². The smallest absolute Gasteiger partial charge is 0.251 e. The molecule has 1 fully saturated rings. The van der Waals surface area contributed by atoms with E-state index in [1.807, 2.05) is 0 Å². The Morgan fingerprint density at radius 3 is 2.65 bits per heavy atom. The van der Waals surface area contributed by atoms with Crippen LogP contribution in [0.1, 0.15) is 49.4 Å². The van der Waals surface area contributed by atoms with Crippen molar-refractivity contribution in [3.63, 3.8) is 0 Å². The molecule has 0 atom stereocenters. The van der Waals surface area contributed by atoms with Crippen LogP contribution in [0, 0.1) is 5.41 Å². The molecule has 1 aliphatic carbocycles. The first-order chi connectivity index (χ1) is 9.58. The molecule has 1 aromatic rings. The van der Waals surface area contributed by atoms with E-state index in [-0.39, 0.29) is 5.91 Å². The summed E-state index contributed by atoms with van der Waals surface area (Å²) in [7, 11) is 1.57. The topological polar surface area (TPSA) is 64.4 Å². The van der Waals surface area contributed by atoms with Gasteiger partial charge in [-0.1, -0.05) is 19.8 Å².